The van der Waals surface area contributed by atoms with Crippen LogP contribution in [-0.4, -0.2) is 24.5 Å². The van der Waals surface area contributed by atoms with Crippen LogP contribution in [-0.2, 0) is 4.79 Å². The van der Waals surface area contributed by atoms with Gasteiger partial charge in [0.1, 0.15) is 0 Å². The van der Waals surface area contributed by atoms with Gasteiger partial charge in [-0.05, 0) is 25.7 Å². The van der Waals surface area contributed by atoms with E-state index in [4.69, 9.17) is 0 Å². The van der Waals surface area contributed by atoms with E-state index in [1.807, 2.05) is 0 Å². The maximum atomic E-state index is 11.5. The van der Waals surface area contributed by atoms with E-state index < -0.39 is 0 Å². The van der Waals surface area contributed by atoms with Gasteiger partial charge in [-0.15, -0.1) is 0 Å². The molecule has 1 heterocycles. The van der Waals surface area contributed by atoms with E-state index in [0.717, 1.165) is 19.4 Å². The van der Waals surface area contributed by atoms with Crippen molar-refractivity contribution in [2.24, 2.45) is 0 Å². The van der Waals surface area contributed by atoms with Gasteiger partial charge >= 0.3 is 0 Å². The van der Waals surface area contributed by atoms with Crippen molar-refractivity contribution in [3.8, 4) is 0 Å². The molecule has 1 saturated carbocycles. The lowest BCUT2D eigenvalue weighted by atomic mass is 9.94. The highest BCUT2D eigenvalue weighted by Gasteiger charge is 2.25. The van der Waals surface area contributed by atoms with Crippen LogP contribution in [0.4, 0.5) is 0 Å². The van der Waals surface area contributed by atoms with Crippen LogP contribution < -0.4 is 10.6 Å². The lowest BCUT2D eigenvalue weighted by Gasteiger charge is -2.30. The van der Waals surface area contributed by atoms with Crippen LogP contribution in [0, 0.1) is 0 Å². The van der Waals surface area contributed by atoms with E-state index in [-0.39, 0.29) is 11.9 Å². The Morgan fingerprint density at radius 3 is 2.57 bits per heavy atom. The van der Waals surface area contributed by atoms with Crippen molar-refractivity contribution in [3.63, 3.8) is 0 Å². The Hall–Kier alpha value is -0.570. The number of hydrogen-bond donors (Lipinski definition) is 2. The highest BCUT2D eigenvalue weighted by molar-refractivity contribution is 5.82. The predicted octanol–water partition coefficient (Wildman–Crippen LogP) is 1.19. The Labute approximate surface area is 85.6 Å². The second-order valence-corrected chi connectivity index (χ2v) is 4.49. The zero-order chi connectivity index (χ0) is 9.80. The lowest BCUT2D eigenvalue weighted by Crippen LogP contribution is -2.51. The topological polar surface area (TPSA) is 41.1 Å². The summed E-state index contributed by atoms with van der Waals surface area (Å²) >= 11 is 0. The smallest absolute Gasteiger partial charge is 0.237 e. The zero-order valence-corrected chi connectivity index (χ0v) is 8.72. The molecule has 0 aromatic carbocycles. The minimum absolute atomic E-state index is 0.0897. The molecule has 2 fully saturated rings. The summed E-state index contributed by atoms with van der Waals surface area (Å²) in [4.78, 5) is 11.5. The maximum Gasteiger partial charge on any atom is 0.237 e. The third-order valence-corrected chi connectivity index (χ3v) is 3.33. The van der Waals surface area contributed by atoms with Gasteiger partial charge < -0.3 is 10.6 Å². The normalized spacial score (nSPS) is 30.0. The van der Waals surface area contributed by atoms with Crippen molar-refractivity contribution in [2.75, 3.05) is 6.54 Å². The number of piperidine rings is 1. The fourth-order valence-corrected chi connectivity index (χ4v) is 2.48. The molecular formula is C11H20N2O. The molecule has 1 aliphatic heterocycles. The first-order chi connectivity index (χ1) is 6.86. The molecule has 0 radical (unpaired) electrons. The average Bonchev–Trinajstić information content (AvgIpc) is 2.23. The van der Waals surface area contributed by atoms with Crippen LogP contribution >= 0.6 is 0 Å². The highest BCUT2D eigenvalue weighted by atomic mass is 16.2. The van der Waals surface area contributed by atoms with Crippen LogP contribution in [0.15, 0.2) is 0 Å². The predicted molar refractivity (Wildman–Crippen MR) is 56.0 cm³/mol. The molecule has 2 rings (SSSR count). The molecule has 3 nitrogen and oxygen atoms in total. The first-order valence-electron chi connectivity index (χ1n) is 5.90. The molecule has 0 bridgehead atoms. The molecule has 1 amide bonds. The summed E-state index contributed by atoms with van der Waals surface area (Å²) in [5.74, 6) is 0.210. The highest BCUT2D eigenvalue weighted by Crippen LogP contribution is 2.18. The van der Waals surface area contributed by atoms with Crippen molar-refractivity contribution in [2.45, 2.75) is 57.0 Å². The Kier molecular flexibility index (Phi) is 3.40. The first kappa shape index (κ1) is 9.97. The van der Waals surface area contributed by atoms with Crippen molar-refractivity contribution < 1.29 is 4.79 Å². The van der Waals surface area contributed by atoms with E-state index in [1.54, 1.807) is 0 Å². The largest absolute Gasteiger partial charge is 0.355 e. The molecule has 3 heteroatoms. The summed E-state index contributed by atoms with van der Waals surface area (Å²) in [5, 5.41) is 6.42. The Morgan fingerprint density at radius 1 is 1.07 bits per heavy atom. The van der Waals surface area contributed by atoms with Crippen LogP contribution in [0.25, 0.3) is 0 Å². The molecule has 1 atom stereocenters. The third kappa shape index (κ3) is 2.47. The molecule has 0 spiro atoms. The maximum absolute atomic E-state index is 11.5. The Morgan fingerprint density at radius 2 is 1.86 bits per heavy atom. The minimum atomic E-state index is 0.0897. The molecule has 1 saturated heterocycles. The van der Waals surface area contributed by atoms with E-state index in [9.17, 15) is 4.79 Å². The fraction of sp³-hybridized carbons (Fsp3) is 0.909. The zero-order valence-electron chi connectivity index (χ0n) is 8.72. The number of nitrogens with one attached hydrogen (secondary N) is 2. The van der Waals surface area contributed by atoms with Gasteiger partial charge in [0, 0.05) is 12.6 Å². The van der Waals surface area contributed by atoms with Crippen LogP contribution in [0.2, 0.25) is 0 Å². The average molecular weight is 196 g/mol. The SMILES string of the molecule is O=C1NCCCC1NC1CCCCC1. The molecule has 2 N–H and O–H groups in total. The van der Waals surface area contributed by atoms with Gasteiger partial charge in [-0.3, -0.25) is 4.79 Å². The van der Waals surface area contributed by atoms with Gasteiger partial charge in [0.15, 0.2) is 0 Å². The van der Waals surface area contributed by atoms with Gasteiger partial charge in [0.2, 0.25) is 5.91 Å². The first-order valence-corrected chi connectivity index (χ1v) is 5.90. The van der Waals surface area contributed by atoms with Crippen LogP contribution in [0.5, 0.6) is 0 Å². The summed E-state index contributed by atoms with van der Waals surface area (Å²) in [6, 6.07) is 0.685. The van der Waals surface area contributed by atoms with Gasteiger partial charge in [-0.1, -0.05) is 19.3 Å². The standard InChI is InChI=1S/C11H20N2O/c14-11-10(7-4-8-12-11)13-9-5-2-1-3-6-9/h9-10,13H,1-8H2,(H,12,14). The van der Waals surface area contributed by atoms with Gasteiger partial charge in [-0.25, -0.2) is 0 Å². The molecule has 2 aliphatic rings. The molecular weight excluding hydrogens is 176 g/mol. The van der Waals surface area contributed by atoms with Gasteiger partial charge in [0.05, 0.1) is 6.04 Å². The molecule has 0 aromatic rings. The number of carbonyl (C=O) groups excluding carboxylic acids is 1. The summed E-state index contributed by atoms with van der Waals surface area (Å²) < 4.78 is 0. The third-order valence-electron chi connectivity index (χ3n) is 3.33. The van der Waals surface area contributed by atoms with E-state index >= 15 is 0 Å². The fourth-order valence-electron chi connectivity index (χ4n) is 2.48. The van der Waals surface area contributed by atoms with Crippen LogP contribution in [0.1, 0.15) is 44.9 Å². The quantitative estimate of drug-likeness (QED) is 0.696. The number of rotatable bonds is 2. The second-order valence-electron chi connectivity index (χ2n) is 4.49. The number of amides is 1. The summed E-state index contributed by atoms with van der Waals surface area (Å²) in [5.41, 5.74) is 0. The molecule has 0 aromatic heterocycles. The number of hydrogen-bond acceptors (Lipinski definition) is 2. The monoisotopic (exact) mass is 196 g/mol. The van der Waals surface area contributed by atoms with Crippen molar-refractivity contribution in [3.05, 3.63) is 0 Å². The van der Waals surface area contributed by atoms with Crippen molar-refractivity contribution in [1.29, 1.82) is 0 Å². The Bertz CT molecular complexity index is 199. The van der Waals surface area contributed by atoms with Crippen molar-refractivity contribution >= 4 is 5.91 Å². The molecule has 80 valence electrons. The van der Waals surface area contributed by atoms with Crippen LogP contribution in [0.3, 0.4) is 0 Å². The summed E-state index contributed by atoms with van der Waals surface area (Å²) in [6.45, 7) is 0.863. The molecule has 14 heavy (non-hydrogen) atoms. The van der Waals surface area contributed by atoms with E-state index in [2.05, 4.69) is 10.6 Å². The molecule has 1 aliphatic carbocycles. The van der Waals surface area contributed by atoms with E-state index in [0.29, 0.717) is 6.04 Å². The second kappa shape index (κ2) is 4.78. The molecule has 1 unspecified atom stereocenters. The van der Waals surface area contributed by atoms with Gasteiger partial charge in [0.25, 0.3) is 0 Å². The lowest BCUT2D eigenvalue weighted by molar-refractivity contribution is -0.124. The Balaban J connectivity index is 1.79. The van der Waals surface area contributed by atoms with E-state index in [1.165, 1.54) is 32.1 Å². The summed E-state index contributed by atoms with van der Waals surface area (Å²) in [6.07, 6.45) is 8.67. The van der Waals surface area contributed by atoms with Crippen molar-refractivity contribution in [1.82, 2.24) is 10.6 Å². The van der Waals surface area contributed by atoms with Gasteiger partial charge in [-0.2, -0.15) is 0 Å². The number of carbonyl (C=O) groups is 1. The minimum Gasteiger partial charge on any atom is -0.355 e. The summed E-state index contributed by atoms with van der Waals surface area (Å²) in [7, 11) is 0.